The maximum Gasteiger partial charge on any atom is 0.328 e. The smallest absolute Gasteiger partial charge is 0.328 e. The third-order valence-corrected chi connectivity index (χ3v) is 14.8. The Morgan fingerprint density at radius 1 is 0.959 bits per heavy atom. The zero-order valence-electron chi connectivity index (χ0n) is 30.6. The van der Waals surface area contributed by atoms with Gasteiger partial charge in [0.25, 0.3) is 0 Å². The summed E-state index contributed by atoms with van der Waals surface area (Å²) in [5.41, 5.74) is -0.564. The number of hydrogen-bond donors (Lipinski definition) is 4. The number of likely N-dealkylation sites (N-methyl/N-ethyl adjacent to an activating group) is 1. The predicted octanol–water partition coefficient (Wildman–Crippen LogP) is 3.95. The minimum absolute atomic E-state index is 0.0195. The number of piperidine rings is 1. The van der Waals surface area contributed by atoms with Gasteiger partial charge in [0, 0.05) is 30.5 Å². The molecule has 7 rings (SSSR count). The molecule has 0 aromatic carbocycles. The van der Waals surface area contributed by atoms with Gasteiger partial charge in [-0.05, 0) is 121 Å². The monoisotopic (exact) mass is 687 g/mol. The summed E-state index contributed by atoms with van der Waals surface area (Å²) in [6.07, 6.45) is 14.0. The van der Waals surface area contributed by atoms with Crippen LogP contribution in [0.15, 0.2) is 0 Å². The van der Waals surface area contributed by atoms with Gasteiger partial charge in [-0.1, -0.05) is 33.1 Å². The van der Waals surface area contributed by atoms with Crippen LogP contribution in [0.25, 0.3) is 0 Å². The Morgan fingerprint density at radius 3 is 2.43 bits per heavy atom. The van der Waals surface area contributed by atoms with E-state index in [9.17, 15) is 19.8 Å². The van der Waals surface area contributed by atoms with Crippen LogP contribution >= 0.6 is 0 Å². The zero-order chi connectivity index (χ0) is 34.5. The first-order valence-electron chi connectivity index (χ1n) is 20.1. The summed E-state index contributed by atoms with van der Waals surface area (Å²) in [5, 5.41) is 28.4. The fraction of sp³-hybridized carbons (Fsp3) is 0.949. The number of amides is 1. The van der Waals surface area contributed by atoms with E-state index in [-0.39, 0.29) is 65.0 Å². The van der Waals surface area contributed by atoms with E-state index in [1.54, 1.807) is 0 Å². The van der Waals surface area contributed by atoms with Gasteiger partial charge in [0.05, 0.1) is 42.7 Å². The van der Waals surface area contributed by atoms with E-state index in [4.69, 9.17) is 14.2 Å². The molecule has 1 amide bonds. The van der Waals surface area contributed by atoms with Gasteiger partial charge in [0.15, 0.2) is 0 Å². The van der Waals surface area contributed by atoms with Crippen molar-refractivity contribution < 1.29 is 34.0 Å². The highest BCUT2D eigenvalue weighted by atomic mass is 16.5. The SMILES string of the molecule is CO[C@]12CCC(N[C@H](C(=O)N[C@@H](CC3CCC(O)CC3)C(=O)OCC3CCCCC3)C(C)C)[C@@H]3OC4C(O)CCC5CC1N(C)CC[C@]32C54. The van der Waals surface area contributed by atoms with Gasteiger partial charge in [-0.3, -0.25) is 4.79 Å². The average molecular weight is 688 g/mol. The number of rotatable bonds is 11. The molecule has 5 aliphatic carbocycles. The molecule has 4 N–H and O–H groups in total. The van der Waals surface area contributed by atoms with Crippen molar-refractivity contribution in [3.8, 4) is 0 Å². The molecule has 10 heteroatoms. The van der Waals surface area contributed by atoms with Crippen LogP contribution in [0.3, 0.4) is 0 Å². The van der Waals surface area contributed by atoms with Crippen LogP contribution in [0.5, 0.6) is 0 Å². The molecule has 7 aliphatic rings. The second kappa shape index (κ2) is 14.6. The van der Waals surface area contributed by atoms with Gasteiger partial charge in [0.1, 0.15) is 6.04 Å². The highest BCUT2D eigenvalue weighted by Crippen LogP contribution is 2.70. The Bertz CT molecular complexity index is 1170. The van der Waals surface area contributed by atoms with Crippen molar-refractivity contribution in [2.24, 2.45) is 35.0 Å². The zero-order valence-corrected chi connectivity index (χ0v) is 30.6. The quantitative estimate of drug-likeness (QED) is 0.239. The maximum absolute atomic E-state index is 14.3. The Kier molecular flexibility index (Phi) is 10.8. The van der Waals surface area contributed by atoms with Crippen LogP contribution in [-0.4, -0.2) is 108 Å². The predicted molar refractivity (Wildman–Crippen MR) is 186 cm³/mol. The lowest BCUT2D eigenvalue weighted by atomic mass is 9.42. The lowest BCUT2D eigenvalue weighted by Gasteiger charge is -2.69. The van der Waals surface area contributed by atoms with Crippen molar-refractivity contribution in [3.05, 3.63) is 0 Å². The summed E-state index contributed by atoms with van der Waals surface area (Å²) in [6, 6.07) is -0.978. The number of nitrogens with one attached hydrogen (secondary N) is 2. The summed E-state index contributed by atoms with van der Waals surface area (Å²) in [4.78, 5) is 30.5. The van der Waals surface area contributed by atoms with Crippen LogP contribution in [-0.2, 0) is 23.8 Å². The van der Waals surface area contributed by atoms with Crippen molar-refractivity contribution in [1.82, 2.24) is 15.5 Å². The van der Waals surface area contributed by atoms with Crippen molar-refractivity contribution in [1.29, 1.82) is 0 Å². The van der Waals surface area contributed by atoms with Crippen molar-refractivity contribution in [3.63, 3.8) is 0 Å². The third-order valence-electron chi connectivity index (χ3n) is 14.8. The van der Waals surface area contributed by atoms with E-state index >= 15 is 0 Å². The summed E-state index contributed by atoms with van der Waals surface area (Å²) in [7, 11) is 4.13. The summed E-state index contributed by atoms with van der Waals surface area (Å²) < 4.78 is 19.7. The average Bonchev–Trinajstić information content (AvgIpc) is 3.46. The van der Waals surface area contributed by atoms with Crippen LogP contribution in [0, 0.1) is 35.0 Å². The number of likely N-dealkylation sites (tertiary alicyclic amines) is 1. The van der Waals surface area contributed by atoms with Gasteiger partial charge in [0.2, 0.25) is 5.91 Å². The first kappa shape index (κ1) is 36.1. The third kappa shape index (κ3) is 6.40. The van der Waals surface area contributed by atoms with Gasteiger partial charge in [-0.25, -0.2) is 4.79 Å². The fourth-order valence-electron chi connectivity index (χ4n) is 12.4. The Morgan fingerprint density at radius 2 is 1.71 bits per heavy atom. The minimum Gasteiger partial charge on any atom is -0.464 e. The molecule has 7 fully saturated rings. The molecule has 0 aromatic rings. The summed E-state index contributed by atoms with van der Waals surface area (Å²) in [6.45, 7) is 5.54. The van der Waals surface area contributed by atoms with E-state index in [1.165, 1.54) is 19.3 Å². The van der Waals surface area contributed by atoms with E-state index < -0.39 is 18.2 Å². The molecule has 2 saturated heterocycles. The Labute approximate surface area is 294 Å². The molecule has 2 bridgehead atoms. The molecule has 2 heterocycles. The molecule has 0 aromatic heterocycles. The van der Waals surface area contributed by atoms with Crippen molar-refractivity contribution in [2.45, 2.75) is 171 Å². The number of nitrogens with zero attached hydrogens (tertiary/aromatic N) is 1. The van der Waals surface area contributed by atoms with E-state index in [1.807, 2.05) is 7.11 Å². The van der Waals surface area contributed by atoms with Crippen LogP contribution < -0.4 is 10.6 Å². The lowest BCUT2D eigenvalue weighted by molar-refractivity contribution is -0.269. The van der Waals surface area contributed by atoms with E-state index in [0.29, 0.717) is 30.9 Å². The molecule has 1 spiro atoms. The summed E-state index contributed by atoms with van der Waals surface area (Å²) >= 11 is 0. The first-order valence-corrected chi connectivity index (χ1v) is 20.1. The van der Waals surface area contributed by atoms with Crippen molar-refractivity contribution in [2.75, 3.05) is 27.3 Å². The second-order valence-corrected chi connectivity index (χ2v) is 17.7. The van der Waals surface area contributed by atoms with Crippen LogP contribution in [0.2, 0.25) is 0 Å². The van der Waals surface area contributed by atoms with Gasteiger partial charge >= 0.3 is 5.97 Å². The number of aliphatic hydroxyl groups is 2. The topological polar surface area (TPSA) is 130 Å². The fourth-order valence-corrected chi connectivity index (χ4v) is 12.4. The number of hydrogen-bond acceptors (Lipinski definition) is 9. The number of ether oxygens (including phenoxy) is 3. The van der Waals surface area contributed by atoms with Gasteiger partial charge in [-0.2, -0.15) is 0 Å². The molecular formula is C39H65N3O7. The molecule has 0 radical (unpaired) electrons. The molecule has 6 unspecified atom stereocenters. The first-order chi connectivity index (χ1) is 23.6. The van der Waals surface area contributed by atoms with Crippen molar-refractivity contribution >= 4 is 11.9 Å². The highest BCUT2D eigenvalue weighted by molar-refractivity contribution is 5.87. The number of methoxy groups -OCH3 is 1. The van der Waals surface area contributed by atoms with Crippen LogP contribution in [0.4, 0.5) is 0 Å². The molecule has 278 valence electrons. The maximum atomic E-state index is 14.3. The van der Waals surface area contributed by atoms with Crippen LogP contribution in [0.1, 0.15) is 117 Å². The molecule has 2 aliphatic heterocycles. The van der Waals surface area contributed by atoms with E-state index in [2.05, 4.69) is 36.4 Å². The molecule has 11 atom stereocenters. The number of carbonyl (C=O) groups excluding carboxylic acids is 2. The number of esters is 1. The van der Waals surface area contributed by atoms with E-state index in [0.717, 1.165) is 83.6 Å². The van der Waals surface area contributed by atoms with Gasteiger partial charge in [-0.15, -0.1) is 0 Å². The lowest BCUT2D eigenvalue weighted by Crippen LogP contribution is -2.79. The molecular weight excluding hydrogens is 622 g/mol. The standard InChI is InChI=1S/C39H65N3O7/c1-23(2)33(36(45)41-29(20-24-10-13-27(43)14-11-24)37(46)48-22-25-8-6-5-7-9-25)40-28-16-17-39(47-4)31-21-26-12-15-30(44)34-32(26)38(39,35(28)49-34)18-19-42(31)3/h23-35,40,43-44H,5-22H2,1-4H3,(H,41,45)/t24?,26?,27?,28?,29-,30?,31?,32?,33-,34?,35-,38-,39+/m0/s1. The molecule has 49 heavy (non-hydrogen) atoms. The molecule has 10 nitrogen and oxygen atoms in total. The highest BCUT2D eigenvalue weighted by Gasteiger charge is 2.78. The largest absolute Gasteiger partial charge is 0.464 e. The minimum atomic E-state index is -0.708. The molecule has 5 saturated carbocycles. The number of carbonyl (C=O) groups is 2. The second-order valence-electron chi connectivity index (χ2n) is 17.7. The normalized spacial score (nSPS) is 43.4. The van der Waals surface area contributed by atoms with Gasteiger partial charge < -0.3 is 40.0 Å². The Balaban J connectivity index is 1.10. The Hall–Kier alpha value is -1.30. The summed E-state index contributed by atoms with van der Waals surface area (Å²) in [5.74, 6) is 0.911. The number of aliphatic hydroxyl groups excluding tert-OH is 2.